The van der Waals surface area contributed by atoms with E-state index in [0.29, 0.717) is 32.5 Å². The number of unbranched alkanes of at least 4 members (excludes halogenated alkanes) is 4. The number of nitrogens with one attached hydrogen (secondary N) is 1. The summed E-state index contributed by atoms with van der Waals surface area (Å²) in [7, 11) is 0. The molecule has 0 aromatic carbocycles. The maximum Gasteiger partial charge on any atom is 0.490 e. The average Bonchev–Trinajstić information content (AvgIpc) is 2.74. The first kappa shape index (κ1) is 34.5. The number of rotatable bonds is 17. The molecule has 15 heteroatoms. The van der Waals surface area contributed by atoms with Crippen molar-refractivity contribution in [2.75, 3.05) is 32.7 Å². The Morgan fingerprint density at radius 1 is 0.971 bits per heavy atom. The summed E-state index contributed by atoms with van der Waals surface area (Å²) in [5.41, 5.74) is 21.1. The largest absolute Gasteiger partial charge is 0.490 e. The molecule has 0 saturated carbocycles. The zero-order valence-corrected chi connectivity index (χ0v) is 20.0. The predicted molar refractivity (Wildman–Crippen MR) is 124 cm³/mol. The molecular formula is C20H39F4N7O4. The van der Waals surface area contributed by atoms with Gasteiger partial charge in [-0.15, -0.1) is 0 Å². The minimum atomic E-state index is -5.08. The van der Waals surface area contributed by atoms with Crippen molar-refractivity contribution in [1.29, 1.82) is 0 Å². The van der Waals surface area contributed by atoms with Crippen molar-refractivity contribution in [3.8, 4) is 0 Å². The van der Waals surface area contributed by atoms with E-state index in [1.807, 2.05) is 6.92 Å². The number of nitrogens with zero attached hydrogens (tertiary/aromatic N) is 2. The Kier molecular flexibility index (Phi) is 19.3. The molecular weight excluding hydrogens is 478 g/mol. The highest BCUT2D eigenvalue weighted by Crippen LogP contribution is 2.13. The van der Waals surface area contributed by atoms with E-state index in [0.717, 1.165) is 45.2 Å². The van der Waals surface area contributed by atoms with Gasteiger partial charge in [-0.25, -0.2) is 9.18 Å². The number of alkyl halides is 4. The van der Waals surface area contributed by atoms with Crippen molar-refractivity contribution < 1.29 is 37.1 Å². The average molecular weight is 518 g/mol. The molecule has 0 rings (SSSR count). The number of aliphatic carboxylic acids is 1. The molecule has 0 aliphatic carbocycles. The Morgan fingerprint density at radius 3 is 1.94 bits per heavy atom. The van der Waals surface area contributed by atoms with Gasteiger partial charge in [-0.3, -0.25) is 14.6 Å². The molecule has 0 heterocycles. The van der Waals surface area contributed by atoms with E-state index in [1.54, 1.807) is 0 Å². The topological polar surface area (TPSA) is 203 Å². The van der Waals surface area contributed by atoms with Gasteiger partial charge in [-0.2, -0.15) is 13.2 Å². The summed E-state index contributed by atoms with van der Waals surface area (Å²) in [5.74, 6) is -4.78. The zero-order chi connectivity index (χ0) is 27.4. The summed E-state index contributed by atoms with van der Waals surface area (Å²) in [6.07, 6.45) is -1.60. The first-order chi connectivity index (χ1) is 16.2. The van der Waals surface area contributed by atoms with Crippen LogP contribution >= 0.6 is 0 Å². The Balaban J connectivity index is 0. The van der Waals surface area contributed by atoms with Gasteiger partial charge in [0.2, 0.25) is 0 Å². The molecule has 10 N–H and O–H groups in total. The number of carbonyl (C=O) groups excluding carboxylic acids is 2. The van der Waals surface area contributed by atoms with Gasteiger partial charge in [0.1, 0.15) is 0 Å². The third-order valence-corrected chi connectivity index (χ3v) is 4.46. The van der Waals surface area contributed by atoms with Crippen molar-refractivity contribution in [1.82, 2.24) is 10.2 Å². The number of carboxylic acids is 1. The molecule has 0 radical (unpaired) electrons. The number of primary amides is 1. The molecule has 2 atom stereocenters. The van der Waals surface area contributed by atoms with Gasteiger partial charge in [0, 0.05) is 25.7 Å². The van der Waals surface area contributed by atoms with Crippen LogP contribution in [0.2, 0.25) is 0 Å². The van der Waals surface area contributed by atoms with Gasteiger partial charge in [0.15, 0.2) is 5.96 Å². The summed E-state index contributed by atoms with van der Waals surface area (Å²) < 4.78 is 45.5. The van der Waals surface area contributed by atoms with Gasteiger partial charge >= 0.3 is 12.1 Å². The fraction of sp³-hybridized carbons (Fsp3) is 0.800. The molecule has 0 aromatic heterocycles. The lowest BCUT2D eigenvalue weighted by molar-refractivity contribution is -0.192. The maximum atomic E-state index is 13.7. The number of carboxylic acid groups (broad SMARTS) is 1. The second kappa shape index (κ2) is 19.6. The molecule has 0 aromatic rings. The minimum Gasteiger partial charge on any atom is -0.475 e. The quantitative estimate of drug-likeness (QED) is 0.0516. The number of hydrogen-bond acceptors (Lipinski definition) is 6. The van der Waals surface area contributed by atoms with E-state index in [1.165, 1.54) is 4.90 Å². The van der Waals surface area contributed by atoms with Crippen molar-refractivity contribution in [3.63, 3.8) is 0 Å². The second-order valence-corrected chi connectivity index (χ2v) is 7.84. The number of nitrogens with two attached hydrogens (primary N) is 4. The van der Waals surface area contributed by atoms with Gasteiger partial charge in [0.25, 0.3) is 18.0 Å². The lowest BCUT2D eigenvalue weighted by Crippen LogP contribution is -2.44. The van der Waals surface area contributed by atoms with E-state index >= 15 is 0 Å². The molecule has 0 saturated heterocycles. The van der Waals surface area contributed by atoms with Crippen LogP contribution in [-0.2, 0) is 14.4 Å². The van der Waals surface area contributed by atoms with Gasteiger partial charge in [-0.05, 0) is 52.1 Å². The number of aliphatic imine (C=N–C) groups is 1. The molecule has 0 spiro atoms. The Morgan fingerprint density at radius 2 is 1.49 bits per heavy atom. The molecule has 0 aliphatic rings. The maximum absolute atomic E-state index is 13.7. The number of amides is 2. The number of halogens is 4. The van der Waals surface area contributed by atoms with Crippen LogP contribution < -0.4 is 28.3 Å². The summed E-state index contributed by atoms with van der Waals surface area (Å²) in [6, 6.07) is 0.162. The summed E-state index contributed by atoms with van der Waals surface area (Å²) in [5, 5.41) is 10.4. The van der Waals surface area contributed by atoms with Crippen molar-refractivity contribution >= 4 is 23.7 Å². The number of carbonyl (C=O) groups is 3. The minimum absolute atomic E-state index is 0.0734. The molecule has 2 unspecified atom stereocenters. The summed E-state index contributed by atoms with van der Waals surface area (Å²) in [4.78, 5) is 37.3. The zero-order valence-electron chi connectivity index (χ0n) is 20.0. The third-order valence-electron chi connectivity index (χ3n) is 4.46. The molecule has 0 bridgehead atoms. The molecule has 2 amide bonds. The van der Waals surface area contributed by atoms with Gasteiger partial charge in [0.05, 0.1) is 0 Å². The number of guanidine groups is 1. The van der Waals surface area contributed by atoms with E-state index in [2.05, 4.69) is 10.3 Å². The Hall–Kier alpha value is -2.68. The highest BCUT2D eigenvalue weighted by atomic mass is 19.4. The van der Waals surface area contributed by atoms with E-state index in [4.69, 9.17) is 32.8 Å². The smallest absolute Gasteiger partial charge is 0.475 e. The summed E-state index contributed by atoms with van der Waals surface area (Å²) >= 11 is 0. The third kappa shape index (κ3) is 21.6. The highest BCUT2D eigenvalue weighted by Gasteiger charge is 2.38. The molecule has 11 nitrogen and oxygen atoms in total. The lowest BCUT2D eigenvalue weighted by Gasteiger charge is -2.23. The van der Waals surface area contributed by atoms with Crippen LogP contribution in [0.25, 0.3) is 0 Å². The van der Waals surface area contributed by atoms with Crippen molar-refractivity contribution in [2.24, 2.45) is 27.9 Å². The van der Waals surface area contributed by atoms with Crippen LogP contribution in [0.5, 0.6) is 0 Å². The highest BCUT2D eigenvalue weighted by molar-refractivity contribution is 6.02. The number of hydrogen-bond donors (Lipinski definition) is 6. The van der Waals surface area contributed by atoms with Crippen LogP contribution in [-0.4, -0.2) is 84.9 Å². The fourth-order valence-corrected chi connectivity index (χ4v) is 2.60. The Labute approximate surface area is 202 Å². The van der Waals surface area contributed by atoms with Crippen LogP contribution in [0.1, 0.15) is 51.9 Å². The SMILES string of the molecule is CC(N)CCNCCCCN(CCCCCCN=C(N)N)C(=O)C(F)C(N)=O.O=C(O)C(F)(F)F. The molecule has 35 heavy (non-hydrogen) atoms. The molecule has 206 valence electrons. The molecule has 0 fully saturated rings. The van der Waals surface area contributed by atoms with Crippen LogP contribution in [0.3, 0.4) is 0 Å². The second-order valence-electron chi connectivity index (χ2n) is 7.84. The predicted octanol–water partition coefficient (Wildman–Crippen LogP) is 0.213. The normalized spacial score (nSPS) is 12.6. The monoisotopic (exact) mass is 517 g/mol. The van der Waals surface area contributed by atoms with Gasteiger partial charge in [-0.1, -0.05) is 12.8 Å². The lowest BCUT2D eigenvalue weighted by atomic mass is 10.1. The standard InChI is InChI=1S/C18H38FN7O2.C2HF3O2/c1-14(20)8-11-24-9-5-7-13-26(17(28)15(19)16(21)27)12-6-3-2-4-10-25-18(22)23;3-2(4,5)1(6)7/h14-15,24H,2-13,20H2,1H3,(H2,21,27)(H4,22,23,25);(H,6,7). The van der Waals surface area contributed by atoms with Crippen LogP contribution in [0.15, 0.2) is 4.99 Å². The van der Waals surface area contributed by atoms with E-state index in [9.17, 15) is 27.2 Å². The Bertz CT molecular complexity index is 645. The van der Waals surface area contributed by atoms with E-state index < -0.39 is 30.1 Å². The van der Waals surface area contributed by atoms with E-state index in [-0.39, 0.29) is 12.0 Å². The van der Waals surface area contributed by atoms with Crippen molar-refractivity contribution in [3.05, 3.63) is 0 Å². The first-order valence-electron chi connectivity index (χ1n) is 11.2. The van der Waals surface area contributed by atoms with Crippen LogP contribution in [0, 0.1) is 0 Å². The molecule has 0 aliphatic heterocycles. The van der Waals surface area contributed by atoms with Crippen molar-refractivity contribution in [2.45, 2.75) is 70.3 Å². The summed E-state index contributed by atoms with van der Waals surface area (Å²) in [6.45, 7) is 4.96. The first-order valence-corrected chi connectivity index (χ1v) is 11.2. The van der Waals surface area contributed by atoms with Gasteiger partial charge < -0.3 is 38.3 Å². The fourth-order valence-electron chi connectivity index (χ4n) is 2.60. The van der Waals surface area contributed by atoms with Crippen LogP contribution in [0.4, 0.5) is 17.6 Å².